The molecule has 60 valence electrons. The van der Waals surface area contributed by atoms with Gasteiger partial charge in [0.2, 0.25) is 0 Å². The van der Waals surface area contributed by atoms with Crippen molar-refractivity contribution in [2.24, 2.45) is 11.8 Å². The predicted molar refractivity (Wildman–Crippen MR) is 44.6 cm³/mol. The molecule has 0 radical (unpaired) electrons. The van der Waals surface area contributed by atoms with Crippen molar-refractivity contribution < 1.29 is 9.32 Å². The maximum Gasteiger partial charge on any atom is 0.123 e. The fourth-order valence-electron chi connectivity index (χ4n) is 0.535. The van der Waals surface area contributed by atoms with Gasteiger partial charge >= 0.3 is 0 Å². The van der Waals surface area contributed by atoms with E-state index >= 15 is 0 Å². The zero-order valence-electron chi connectivity index (χ0n) is 6.76. The molecule has 0 heterocycles. The summed E-state index contributed by atoms with van der Waals surface area (Å²) in [4.78, 5) is 10.3. The number of aldehydes is 1. The molecule has 0 amide bonds. The van der Waals surface area contributed by atoms with E-state index in [-0.39, 0.29) is 5.92 Å². The Morgan fingerprint density at radius 2 is 2.20 bits per heavy atom. The fourth-order valence-corrected chi connectivity index (χ4v) is 1.34. The van der Waals surface area contributed by atoms with E-state index in [0.717, 1.165) is 12.4 Å². The van der Waals surface area contributed by atoms with Gasteiger partial charge in [0.25, 0.3) is 0 Å². The summed E-state index contributed by atoms with van der Waals surface area (Å²) in [5.41, 5.74) is 0. The SMILES string of the molecule is COPC[C@H](C)[C@H](C)C=O. The van der Waals surface area contributed by atoms with Crippen molar-refractivity contribution in [2.75, 3.05) is 13.3 Å². The van der Waals surface area contributed by atoms with E-state index in [2.05, 4.69) is 6.92 Å². The average Bonchev–Trinajstić information content (AvgIpc) is 1.98. The van der Waals surface area contributed by atoms with Gasteiger partial charge in [0.15, 0.2) is 0 Å². The topological polar surface area (TPSA) is 26.3 Å². The van der Waals surface area contributed by atoms with Crippen LogP contribution in [-0.4, -0.2) is 19.6 Å². The molecule has 0 fully saturated rings. The largest absolute Gasteiger partial charge is 0.366 e. The van der Waals surface area contributed by atoms with Crippen LogP contribution in [0.25, 0.3) is 0 Å². The molecule has 1 unspecified atom stereocenters. The van der Waals surface area contributed by atoms with Crippen LogP contribution < -0.4 is 0 Å². The van der Waals surface area contributed by atoms with Gasteiger partial charge in [0.1, 0.15) is 6.29 Å². The summed E-state index contributed by atoms with van der Waals surface area (Å²) < 4.78 is 4.92. The van der Waals surface area contributed by atoms with E-state index in [1.807, 2.05) is 6.92 Å². The maximum atomic E-state index is 10.3. The Morgan fingerprint density at radius 1 is 1.60 bits per heavy atom. The highest BCUT2D eigenvalue weighted by Gasteiger charge is 2.09. The molecule has 0 aromatic heterocycles. The average molecular weight is 162 g/mol. The second kappa shape index (κ2) is 5.82. The van der Waals surface area contributed by atoms with Crippen LogP contribution in [0.3, 0.4) is 0 Å². The zero-order chi connectivity index (χ0) is 7.98. The molecule has 0 saturated heterocycles. The minimum Gasteiger partial charge on any atom is -0.366 e. The third-order valence-electron chi connectivity index (χ3n) is 1.66. The maximum absolute atomic E-state index is 10.3. The number of carbonyl (C=O) groups is 1. The third kappa shape index (κ3) is 3.97. The Labute approximate surface area is 64.2 Å². The van der Waals surface area contributed by atoms with Crippen LogP contribution >= 0.6 is 8.81 Å². The summed E-state index contributed by atoms with van der Waals surface area (Å²) >= 11 is 0. The van der Waals surface area contributed by atoms with Crippen LogP contribution in [-0.2, 0) is 9.32 Å². The van der Waals surface area contributed by atoms with Crippen LogP contribution in [0.2, 0.25) is 0 Å². The van der Waals surface area contributed by atoms with Crippen molar-refractivity contribution in [3.8, 4) is 0 Å². The molecule has 0 N–H and O–H groups in total. The lowest BCUT2D eigenvalue weighted by atomic mass is 10.0. The van der Waals surface area contributed by atoms with Crippen molar-refractivity contribution >= 4 is 15.1 Å². The lowest BCUT2D eigenvalue weighted by Crippen LogP contribution is -2.10. The number of hydrogen-bond donors (Lipinski definition) is 0. The molecule has 0 aliphatic carbocycles. The number of hydrogen-bond acceptors (Lipinski definition) is 2. The van der Waals surface area contributed by atoms with Gasteiger partial charge in [-0.25, -0.2) is 0 Å². The molecule has 2 nitrogen and oxygen atoms in total. The highest BCUT2D eigenvalue weighted by Crippen LogP contribution is 2.19. The molecule has 0 spiro atoms. The summed E-state index contributed by atoms with van der Waals surface area (Å²) in [5, 5.41) is 0. The van der Waals surface area contributed by atoms with Crippen molar-refractivity contribution in [1.82, 2.24) is 0 Å². The fraction of sp³-hybridized carbons (Fsp3) is 0.857. The van der Waals surface area contributed by atoms with Crippen LogP contribution in [0.4, 0.5) is 0 Å². The van der Waals surface area contributed by atoms with Gasteiger partial charge in [0.05, 0.1) is 0 Å². The van der Waals surface area contributed by atoms with E-state index in [1.54, 1.807) is 7.11 Å². The molecule has 0 aromatic rings. The lowest BCUT2D eigenvalue weighted by Gasteiger charge is -2.12. The Balaban J connectivity index is 3.40. The normalized spacial score (nSPS) is 17.5. The van der Waals surface area contributed by atoms with Gasteiger partial charge in [-0.2, -0.15) is 0 Å². The van der Waals surface area contributed by atoms with E-state index in [1.165, 1.54) is 0 Å². The zero-order valence-corrected chi connectivity index (χ0v) is 7.76. The van der Waals surface area contributed by atoms with E-state index < -0.39 is 0 Å². The Morgan fingerprint density at radius 3 is 2.60 bits per heavy atom. The van der Waals surface area contributed by atoms with Crippen LogP contribution in [0.5, 0.6) is 0 Å². The summed E-state index contributed by atoms with van der Waals surface area (Å²) in [6.07, 6.45) is 2.00. The van der Waals surface area contributed by atoms with Crippen LogP contribution in [0.1, 0.15) is 13.8 Å². The minimum absolute atomic E-state index is 0.169. The first kappa shape index (κ1) is 10.1. The smallest absolute Gasteiger partial charge is 0.123 e. The number of carbonyl (C=O) groups excluding carboxylic acids is 1. The summed E-state index contributed by atoms with van der Waals surface area (Å²) in [6, 6.07) is 0. The summed E-state index contributed by atoms with van der Waals surface area (Å²) in [6.45, 7) is 4.02. The third-order valence-corrected chi connectivity index (χ3v) is 2.76. The molecule has 3 atom stereocenters. The first-order valence-corrected chi connectivity index (χ1v) is 4.55. The highest BCUT2D eigenvalue weighted by atomic mass is 31.1. The Kier molecular flexibility index (Phi) is 5.85. The minimum atomic E-state index is 0.169. The molecular weight excluding hydrogens is 147 g/mol. The number of rotatable bonds is 5. The van der Waals surface area contributed by atoms with Crippen molar-refractivity contribution in [1.29, 1.82) is 0 Å². The standard InChI is InChI=1S/C7H15O2P/c1-6(4-8)7(2)5-10-9-3/h4,6-7,10H,5H2,1-3H3/t6-,7+/m1/s1. The molecular formula is C7H15O2P. The quantitative estimate of drug-likeness (QED) is 0.454. The first-order chi connectivity index (χ1) is 4.72. The monoisotopic (exact) mass is 162 g/mol. The highest BCUT2D eigenvalue weighted by molar-refractivity contribution is 7.32. The van der Waals surface area contributed by atoms with Crippen LogP contribution in [0.15, 0.2) is 0 Å². The molecule has 3 heteroatoms. The second-order valence-corrected chi connectivity index (χ2v) is 3.63. The van der Waals surface area contributed by atoms with Gasteiger partial charge in [-0.05, 0) is 12.1 Å². The summed E-state index contributed by atoms with van der Waals surface area (Å²) in [5.74, 6) is 0.624. The molecule has 0 aliphatic heterocycles. The van der Waals surface area contributed by atoms with Crippen molar-refractivity contribution in [3.05, 3.63) is 0 Å². The van der Waals surface area contributed by atoms with E-state index in [0.29, 0.717) is 14.7 Å². The molecule has 0 bridgehead atoms. The lowest BCUT2D eigenvalue weighted by molar-refractivity contribution is -0.111. The molecule has 0 aromatic carbocycles. The first-order valence-electron chi connectivity index (χ1n) is 3.43. The van der Waals surface area contributed by atoms with Gasteiger partial charge < -0.3 is 9.32 Å². The van der Waals surface area contributed by atoms with Gasteiger partial charge in [-0.15, -0.1) is 0 Å². The second-order valence-electron chi connectivity index (χ2n) is 2.53. The summed E-state index contributed by atoms with van der Waals surface area (Å²) in [7, 11) is 2.22. The van der Waals surface area contributed by atoms with E-state index in [9.17, 15) is 4.79 Å². The van der Waals surface area contributed by atoms with Gasteiger partial charge in [0, 0.05) is 21.8 Å². The molecule has 0 rings (SSSR count). The van der Waals surface area contributed by atoms with Gasteiger partial charge in [-0.3, -0.25) is 0 Å². The van der Waals surface area contributed by atoms with Crippen molar-refractivity contribution in [2.45, 2.75) is 13.8 Å². The van der Waals surface area contributed by atoms with E-state index in [4.69, 9.17) is 4.52 Å². The Bertz CT molecular complexity index is 95.6. The predicted octanol–water partition coefficient (Wildman–Crippen LogP) is 1.70. The molecule has 0 aliphatic rings. The van der Waals surface area contributed by atoms with Crippen LogP contribution in [0, 0.1) is 11.8 Å². The van der Waals surface area contributed by atoms with Gasteiger partial charge in [-0.1, -0.05) is 13.8 Å². The molecule has 10 heavy (non-hydrogen) atoms. The molecule has 0 saturated carbocycles. The Hall–Kier alpha value is 0.0600. The van der Waals surface area contributed by atoms with Crippen molar-refractivity contribution in [3.63, 3.8) is 0 Å².